The van der Waals surface area contributed by atoms with Crippen LogP contribution in [0.4, 0.5) is 0 Å². The summed E-state index contributed by atoms with van der Waals surface area (Å²) in [5, 5.41) is 11.8. The van der Waals surface area contributed by atoms with Crippen LogP contribution in [-0.4, -0.2) is 47.6 Å². The normalized spacial score (nSPS) is 26.2. The standard InChI is InChI=1S/C12H20N2O3/c15-11(16)8-14-6-2-5-10(7-14)13-12(17)9-3-1-4-9/h9-10H,1-8H2,(H,13,17)(H,15,16)/t10-/m0/s1. The summed E-state index contributed by atoms with van der Waals surface area (Å²) in [5.41, 5.74) is 0. The Hall–Kier alpha value is -1.10. The fourth-order valence-electron chi connectivity index (χ4n) is 2.50. The number of carboxylic acids is 1. The molecule has 17 heavy (non-hydrogen) atoms. The smallest absolute Gasteiger partial charge is 0.317 e. The van der Waals surface area contributed by atoms with Gasteiger partial charge in [0.25, 0.3) is 0 Å². The van der Waals surface area contributed by atoms with E-state index in [4.69, 9.17) is 5.11 Å². The highest BCUT2D eigenvalue weighted by Gasteiger charge is 2.28. The summed E-state index contributed by atoms with van der Waals surface area (Å²) < 4.78 is 0. The summed E-state index contributed by atoms with van der Waals surface area (Å²) in [6, 6.07) is 0.135. The molecule has 1 aliphatic heterocycles. The van der Waals surface area contributed by atoms with E-state index in [2.05, 4.69) is 5.32 Å². The highest BCUT2D eigenvalue weighted by molar-refractivity contribution is 5.79. The number of carboxylic acid groups (broad SMARTS) is 1. The summed E-state index contributed by atoms with van der Waals surface area (Å²) in [6.07, 6.45) is 5.11. The first kappa shape index (κ1) is 12.4. The molecule has 1 saturated heterocycles. The van der Waals surface area contributed by atoms with Crippen LogP contribution in [0.25, 0.3) is 0 Å². The minimum Gasteiger partial charge on any atom is -0.480 e. The fourth-order valence-corrected chi connectivity index (χ4v) is 2.50. The van der Waals surface area contributed by atoms with Crippen LogP contribution < -0.4 is 5.32 Å². The third-order valence-electron chi connectivity index (χ3n) is 3.69. The average molecular weight is 240 g/mol. The van der Waals surface area contributed by atoms with Gasteiger partial charge in [-0.15, -0.1) is 0 Å². The maximum absolute atomic E-state index is 11.8. The molecule has 1 aliphatic carbocycles. The molecule has 0 radical (unpaired) electrons. The second-order valence-electron chi connectivity index (χ2n) is 5.10. The molecule has 5 nitrogen and oxygen atoms in total. The molecule has 0 aromatic carbocycles. The number of aliphatic carboxylic acids is 1. The number of nitrogens with one attached hydrogen (secondary N) is 1. The molecule has 1 amide bonds. The van der Waals surface area contributed by atoms with Crippen molar-refractivity contribution in [2.45, 2.75) is 38.1 Å². The molecule has 5 heteroatoms. The van der Waals surface area contributed by atoms with E-state index in [0.29, 0.717) is 6.54 Å². The zero-order valence-corrected chi connectivity index (χ0v) is 10.0. The number of nitrogens with zero attached hydrogens (tertiary/aromatic N) is 1. The quantitative estimate of drug-likeness (QED) is 0.748. The van der Waals surface area contributed by atoms with E-state index < -0.39 is 5.97 Å². The molecule has 2 aliphatic rings. The van der Waals surface area contributed by atoms with Crippen LogP contribution in [0.2, 0.25) is 0 Å². The molecule has 0 bridgehead atoms. The van der Waals surface area contributed by atoms with Gasteiger partial charge < -0.3 is 10.4 Å². The van der Waals surface area contributed by atoms with Gasteiger partial charge in [-0.25, -0.2) is 0 Å². The molecule has 2 fully saturated rings. The Kier molecular flexibility index (Phi) is 3.99. The lowest BCUT2D eigenvalue weighted by molar-refractivity contribution is -0.138. The van der Waals surface area contributed by atoms with Crippen LogP contribution in [0.5, 0.6) is 0 Å². The van der Waals surface area contributed by atoms with E-state index >= 15 is 0 Å². The number of hydrogen-bond acceptors (Lipinski definition) is 3. The minimum atomic E-state index is -0.795. The van der Waals surface area contributed by atoms with Gasteiger partial charge in [0.15, 0.2) is 0 Å². The topological polar surface area (TPSA) is 69.6 Å². The molecular weight excluding hydrogens is 220 g/mol. The molecule has 2 rings (SSSR count). The van der Waals surface area contributed by atoms with Crippen LogP contribution in [-0.2, 0) is 9.59 Å². The van der Waals surface area contributed by atoms with Gasteiger partial charge in [0.1, 0.15) is 0 Å². The van der Waals surface area contributed by atoms with Crippen molar-refractivity contribution in [3.63, 3.8) is 0 Å². The van der Waals surface area contributed by atoms with Gasteiger partial charge in [0.2, 0.25) is 5.91 Å². The molecular formula is C12H20N2O3. The monoisotopic (exact) mass is 240 g/mol. The van der Waals surface area contributed by atoms with Crippen molar-refractivity contribution >= 4 is 11.9 Å². The number of carbonyl (C=O) groups is 2. The number of hydrogen-bond donors (Lipinski definition) is 2. The van der Waals surface area contributed by atoms with E-state index in [1.165, 1.54) is 0 Å². The van der Waals surface area contributed by atoms with Crippen molar-refractivity contribution in [1.82, 2.24) is 10.2 Å². The second kappa shape index (κ2) is 5.49. The number of rotatable bonds is 4. The fraction of sp³-hybridized carbons (Fsp3) is 0.833. The number of likely N-dealkylation sites (tertiary alicyclic amines) is 1. The first-order valence-corrected chi connectivity index (χ1v) is 6.39. The lowest BCUT2D eigenvalue weighted by Gasteiger charge is -2.34. The molecule has 2 N–H and O–H groups in total. The van der Waals surface area contributed by atoms with Crippen molar-refractivity contribution in [2.24, 2.45) is 5.92 Å². The Balaban J connectivity index is 1.76. The molecule has 1 saturated carbocycles. The van der Waals surface area contributed by atoms with Crippen LogP contribution in [0.15, 0.2) is 0 Å². The summed E-state index contributed by atoms with van der Waals surface area (Å²) in [7, 11) is 0. The predicted octanol–water partition coefficient (Wildman–Crippen LogP) is 0.452. The van der Waals surface area contributed by atoms with Crippen molar-refractivity contribution < 1.29 is 14.7 Å². The maximum Gasteiger partial charge on any atom is 0.317 e. The summed E-state index contributed by atoms with van der Waals surface area (Å²) in [6.45, 7) is 1.57. The number of amides is 1. The SMILES string of the molecule is O=C(O)CN1CCC[C@H](NC(=O)C2CCC2)C1. The predicted molar refractivity (Wildman–Crippen MR) is 62.6 cm³/mol. The third-order valence-corrected chi connectivity index (χ3v) is 3.69. The van der Waals surface area contributed by atoms with E-state index in [9.17, 15) is 9.59 Å². The zero-order valence-electron chi connectivity index (χ0n) is 10.0. The molecule has 96 valence electrons. The Labute approximate surface area is 101 Å². The van der Waals surface area contributed by atoms with Crippen LogP contribution in [0.3, 0.4) is 0 Å². The van der Waals surface area contributed by atoms with E-state index in [1.54, 1.807) is 0 Å². The van der Waals surface area contributed by atoms with Crippen LogP contribution in [0.1, 0.15) is 32.1 Å². The summed E-state index contributed by atoms with van der Waals surface area (Å²) in [4.78, 5) is 24.3. The molecule has 0 aromatic heterocycles. The Morgan fingerprint density at radius 2 is 2.00 bits per heavy atom. The van der Waals surface area contributed by atoms with Crippen molar-refractivity contribution in [1.29, 1.82) is 0 Å². The largest absolute Gasteiger partial charge is 0.480 e. The molecule has 0 unspecified atom stereocenters. The molecule has 0 aromatic rings. The lowest BCUT2D eigenvalue weighted by atomic mass is 9.84. The Morgan fingerprint density at radius 3 is 2.59 bits per heavy atom. The maximum atomic E-state index is 11.8. The van der Waals surface area contributed by atoms with Gasteiger partial charge in [0.05, 0.1) is 6.54 Å². The van der Waals surface area contributed by atoms with Gasteiger partial charge in [-0.05, 0) is 32.2 Å². The van der Waals surface area contributed by atoms with E-state index in [-0.39, 0.29) is 24.4 Å². The summed E-state index contributed by atoms with van der Waals surface area (Å²) in [5.74, 6) is -0.417. The minimum absolute atomic E-state index is 0.0792. The highest BCUT2D eigenvalue weighted by Crippen LogP contribution is 2.26. The number of carbonyl (C=O) groups excluding carboxylic acids is 1. The average Bonchev–Trinajstić information content (AvgIpc) is 2.13. The Morgan fingerprint density at radius 1 is 1.24 bits per heavy atom. The molecule has 1 heterocycles. The van der Waals surface area contributed by atoms with Gasteiger partial charge in [-0.3, -0.25) is 14.5 Å². The van der Waals surface area contributed by atoms with Gasteiger partial charge >= 0.3 is 5.97 Å². The van der Waals surface area contributed by atoms with Gasteiger partial charge in [-0.2, -0.15) is 0 Å². The van der Waals surface area contributed by atoms with E-state index in [1.807, 2.05) is 4.90 Å². The van der Waals surface area contributed by atoms with Crippen LogP contribution >= 0.6 is 0 Å². The lowest BCUT2D eigenvalue weighted by Crippen LogP contribution is -2.50. The van der Waals surface area contributed by atoms with Gasteiger partial charge in [0, 0.05) is 18.5 Å². The summed E-state index contributed by atoms with van der Waals surface area (Å²) >= 11 is 0. The number of piperidine rings is 1. The first-order valence-electron chi connectivity index (χ1n) is 6.39. The molecule has 1 atom stereocenters. The molecule has 0 spiro atoms. The first-order chi connectivity index (χ1) is 8.15. The van der Waals surface area contributed by atoms with Crippen molar-refractivity contribution in [3.05, 3.63) is 0 Å². The Bertz CT molecular complexity index is 302. The van der Waals surface area contributed by atoms with E-state index in [0.717, 1.165) is 38.6 Å². The van der Waals surface area contributed by atoms with Crippen LogP contribution in [0, 0.1) is 5.92 Å². The van der Waals surface area contributed by atoms with Crippen molar-refractivity contribution in [3.8, 4) is 0 Å². The van der Waals surface area contributed by atoms with Gasteiger partial charge in [-0.1, -0.05) is 6.42 Å². The third kappa shape index (κ3) is 3.43. The zero-order chi connectivity index (χ0) is 12.3. The highest BCUT2D eigenvalue weighted by atomic mass is 16.4. The van der Waals surface area contributed by atoms with Crippen molar-refractivity contribution in [2.75, 3.05) is 19.6 Å². The second-order valence-corrected chi connectivity index (χ2v) is 5.10.